The van der Waals surface area contributed by atoms with Gasteiger partial charge >= 0.3 is 6.18 Å². The van der Waals surface area contributed by atoms with E-state index in [1.165, 1.54) is 18.2 Å². The number of rotatable bonds is 5. The summed E-state index contributed by atoms with van der Waals surface area (Å²) in [7, 11) is 0. The number of alkyl halides is 3. The molecule has 0 heterocycles. The van der Waals surface area contributed by atoms with Gasteiger partial charge in [-0.25, -0.2) is 4.39 Å². The molecule has 1 aromatic carbocycles. The fraction of sp³-hybridized carbons (Fsp3) is 0.250. The van der Waals surface area contributed by atoms with Gasteiger partial charge in [-0.1, -0.05) is 18.2 Å². The van der Waals surface area contributed by atoms with Crippen LogP contribution in [-0.2, 0) is 4.74 Å². The molecule has 1 atom stereocenters. The molecule has 0 fully saturated rings. The SMILES string of the molecule is C=C[C@H](OCC(=O)c1ccccc1F)C(F)(F)F. The number of ether oxygens (including phenoxy) is 1. The molecular weight excluding hydrogens is 252 g/mol. The summed E-state index contributed by atoms with van der Waals surface area (Å²) >= 11 is 0. The topological polar surface area (TPSA) is 26.3 Å². The number of carbonyl (C=O) groups is 1. The van der Waals surface area contributed by atoms with Crippen molar-refractivity contribution in [2.24, 2.45) is 0 Å². The predicted octanol–water partition coefficient (Wildman–Crippen LogP) is 3.14. The molecule has 0 amide bonds. The van der Waals surface area contributed by atoms with E-state index in [1.54, 1.807) is 0 Å². The monoisotopic (exact) mass is 262 g/mol. The van der Waals surface area contributed by atoms with Crippen LogP contribution in [0.3, 0.4) is 0 Å². The molecule has 0 aliphatic carbocycles. The first-order chi connectivity index (χ1) is 8.36. The van der Waals surface area contributed by atoms with Crippen molar-refractivity contribution < 1.29 is 27.1 Å². The minimum Gasteiger partial charge on any atom is -0.357 e. The number of hydrogen-bond donors (Lipinski definition) is 0. The van der Waals surface area contributed by atoms with Gasteiger partial charge in [0.05, 0.1) is 5.56 Å². The smallest absolute Gasteiger partial charge is 0.357 e. The van der Waals surface area contributed by atoms with Gasteiger partial charge in [0.15, 0.2) is 11.9 Å². The van der Waals surface area contributed by atoms with Gasteiger partial charge in [-0.05, 0) is 12.1 Å². The van der Waals surface area contributed by atoms with Crippen LogP contribution in [0.25, 0.3) is 0 Å². The molecule has 0 saturated carbocycles. The van der Waals surface area contributed by atoms with Crippen LogP contribution in [0, 0.1) is 5.82 Å². The van der Waals surface area contributed by atoms with Crippen LogP contribution in [0.2, 0.25) is 0 Å². The Morgan fingerprint density at radius 2 is 2.00 bits per heavy atom. The van der Waals surface area contributed by atoms with E-state index in [-0.39, 0.29) is 5.56 Å². The molecule has 0 N–H and O–H groups in total. The number of Topliss-reactive ketones (excluding diaryl/α,β-unsaturated/α-hetero) is 1. The van der Waals surface area contributed by atoms with Crippen molar-refractivity contribution in [2.45, 2.75) is 12.3 Å². The Bertz CT molecular complexity index is 440. The molecular formula is C12H10F4O2. The fourth-order valence-electron chi connectivity index (χ4n) is 1.23. The predicted molar refractivity (Wildman–Crippen MR) is 56.7 cm³/mol. The fourth-order valence-corrected chi connectivity index (χ4v) is 1.23. The lowest BCUT2D eigenvalue weighted by Crippen LogP contribution is -2.31. The Morgan fingerprint density at radius 1 is 1.39 bits per heavy atom. The number of hydrogen-bond acceptors (Lipinski definition) is 2. The van der Waals surface area contributed by atoms with Crippen molar-refractivity contribution >= 4 is 5.78 Å². The first-order valence-corrected chi connectivity index (χ1v) is 4.95. The molecule has 1 rings (SSSR count). The zero-order valence-electron chi connectivity index (χ0n) is 9.21. The van der Waals surface area contributed by atoms with Crippen molar-refractivity contribution in [1.82, 2.24) is 0 Å². The molecule has 98 valence electrons. The summed E-state index contributed by atoms with van der Waals surface area (Å²) in [6.45, 7) is 2.10. The molecule has 0 spiro atoms. The number of benzene rings is 1. The number of carbonyl (C=O) groups excluding carboxylic acids is 1. The zero-order chi connectivity index (χ0) is 13.8. The van der Waals surface area contributed by atoms with E-state index in [4.69, 9.17) is 0 Å². The lowest BCUT2D eigenvalue weighted by molar-refractivity contribution is -0.200. The summed E-state index contributed by atoms with van der Waals surface area (Å²) in [6.07, 6.45) is -6.35. The van der Waals surface area contributed by atoms with Gasteiger partial charge in [0.2, 0.25) is 0 Å². The van der Waals surface area contributed by atoms with Gasteiger partial charge in [-0.3, -0.25) is 4.79 Å². The van der Waals surface area contributed by atoms with Crippen molar-refractivity contribution in [3.63, 3.8) is 0 Å². The zero-order valence-corrected chi connectivity index (χ0v) is 9.21. The summed E-state index contributed by atoms with van der Waals surface area (Å²) in [5.41, 5.74) is -0.303. The highest BCUT2D eigenvalue weighted by molar-refractivity contribution is 5.97. The van der Waals surface area contributed by atoms with Gasteiger partial charge in [-0.2, -0.15) is 13.2 Å². The van der Waals surface area contributed by atoms with E-state index >= 15 is 0 Å². The Morgan fingerprint density at radius 3 is 2.50 bits per heavy atom. The average molecular weight is 262 g/mol. The van der Waals surface area contributed by atoms with Crippen LogP contribution in [0.4, 0.5) is 17.6 Å². The normalized spacial score (nSPS) is 13.1. The van der Waals surface area contributed by atoms with E-state index in [9.17, 15) is 22.4 Å². The molecule has 2 nitrogen and oxygen atoms in total. The lowest BCUT2D eigenvalue weighted by Gasteiger charge is -2.16. The maximum atomic E-state index is 13.2. The molecule has 18 heavy (non-hydrogen) atoms. The highest BCUT2D eigenvalue weighted by atomic mass is 19.4. The van der Waals surface area contributed by atoms with E-state index in [0.717, 1.165) is 6.07 Å². The summed E-state index contributed by atoms with van der Waals surface area (Å²) in [5, 5.41) is 0. The Kier molecular flexibility index (Phi) is 4.61. The lowest BCUT2D eigenvalue weighted by atomic mass is 10.1. The van der Waals surface area contributed by atoms with Crippen molar-refractivity contribution in [1.29, 1.82) is 0 Å². The van der Waals surface area contributed by atoms with Crippen LogP contribution in [0.5, 0.6) is 0 Å². The second-order valence-corrected chi connectivity index (χ2v) is 3.41. The van der Waals surface area contributed by atoms with Gasteiger partial charge in [-0.15, -0.1) is 6.58 Å². The highest BCUT2D eigenvalue weighted by Crippen LogP contribution is 2.23. The van der Waals surface area contributed by atoms with Crippen molar-refractivity contribution in [3.05, 3.63) is 48.3 Å². The maximum Gasteiger partial charge on any atom is 0.418 e. The summed E-state index contributed by atoms with van der Waals surface area (Å²) < 4.78 is 54.3. The van der Waals surface area contributed by atoms with E-state index < -0.39 is 30.5 Å². The second kappa shape index (κ2) is 5.77. The van der Waals surface area contributed by atoms with E-state index in [2.05, 4.69) is 11.3 Å². The van der Waals surface area contributed by atoms with Crippen LogP contribution in [-0.4, -0.2) is 24.7 Å². The quantitative estimate of drug-likeness (QED) is 0.463. The molecule has 0 aliphatic heterocycles. The largest absolute Gasteiger partial charge is 0.418 e. The first-order valence-electron chi connectivity index (χ1n) is 4.95. The van der Waals surface area contributed by atoms with Crippen LogP contribution < -0.4 is 0 Å². The maximum absolute atomic E-state index is 13.2. The Balaban J connectivity index is 2.67. The molecule has 6 heteroatoms. The molecule has 0 radical (unpaired) electrons. The third-order valence-corrected chi connectivity index (χ3v) is 2.10. The minimum atomic E-state index is -4.64. The third-order valence-electron chi connectivity index (χ3n) is 2.10. The Hall–Kier alpha value is -1.69. The van der Waals surface area contributed by atoms with Gasteiger partial charge < -0.3 is 4.74 Å². The van der Waals surface area contributed by atoms with Gasteiger partial charge in [0, 0.05) is 0 Å². The highest BCUT2D eigenvalue weighted by Gasteiger charge is 2.38. The molecule has 1 aromatic rings. The molecule has 0 unspecified atom stereocenters. The van der Waals surface area contributed by atoms with E-state index in [0.29, 0.717) is 6.08 Å². The average Bonchev–Trinajstić information content (AvgIpc) is 2.28. The first kappa shape index (κ1) is 14.4. The van der Waals surface area contributed by atoms with E-state index in [1.807, 2.05) is 0 Å². The number of ketones is 1. The third kappa shape index (κ3) is 3.66. The second-order valence-electron chi connectivity index (χ2n) is 3.41. The van der Waals surface area contributed by atoms with Crippen LogP contribution >= 0.6 is 0 Å². The molecule has 0 saturated heterocycles. The summed E-state index contributed by atoms with van der Waals surface area (Å²) in [5.74, 6) is -1.66. The summed E-state index contributed by atoms with van der Waals surface area (Å²) in [6, 6.07) is 5.00. The molecule has 0 bridgehead atoms. The van der Waals surface area contributed by atoms with Crippen LogP contribution in [0.15, 0.2) is 36.9 Å². The number of halogens is 4. The molecule has 0 aromatic heterocycles. The van der Waals surface area contributed by atoms with Crippen LogP contribution in [0.1, 0.15) is 10.4 Å². The van der Waals surface area contributed by atoms with Gasteiger partial charge in [0.1, 0.15) is 12.4 Å². The standard InChI is InChI=1S/C12H10F4O2/c1-2-11(12(14,15)16)18-7-10(17)8-5-3-4-6-9(8)13/h2-6,11H,1,7H2/t11-/m0/s1. The van der Waals surface area contributed by atoms with Gasteiger partial charge in [0.25, 0.3) is 0 Å². The summed E-state index contributed by atoms with van der Waals surface area (Å²) in [4.78, 5) is 11.4. The van der Waals surface area contributed by atoms with Crippen molar-refractivity contribution in [3.8, 4) is 0 Å². The Labute approximate surface area is 101 Å². The van der Waals surface area contributed by atoms with Crippen molar-refractivity contribution in [2.75, 3.05) is 6.61 Å². The molecule has 0 aliphatic rings. The minimum absolute atomic E-state index is 0.303.